The maximum atomic E-state index is 2.50. The average Bonchev–Trinajstić information content (AvgIpc) is 3.75. The second-order valence-electron chi connectivity index (χ2n) is 12.5. The Balaban J connectivity index is 1.28. The van der Waals surface area contributed by atoms with Crippen LogP contribution in [-0.2, 0) is 5.41 Å². The van der Waals surface area contributed by atoms with Crippen molar-refractivity contribution in [1.82, 2.24) is 0 Å². The van der Waals surface area contributed by atoms with E-state index in [9.17, 15) is 0 Å². The van der Waals surface area contributed by atoms with Crippen molar-refractivity contribution < 1.29 is 0 Å². The van der Waals surface area contributed by atoms with Gasteiger partial charge in [-0.2, -0.15) is 0 Å². The number of anilines is 3. The Labute approximate surface area is 248 Å². The molecule has 6 aromatic carbocycles. The van der Waals surface area contributed by atoms with Crippen molar-refractivity contribution in [3.05, 3.63) is 151 Å². The summed E-state index contributed by atoms with van der Waals surface area (Å²) < 4.78 is 0. The molecule has 6 aromatic rings. The monoisotopic (exact) mass is 539 g/mol. The van der Waals surface area contributed by atoms with Crippen LogP contribution in [0.5, 0.6) is 0 Å². The lowest BCUT2D eigenvalue weighted by molar-refractivity contribution is 0.327. The molecular weight excluding hydrogens is 506 g/mol. The fourth-order valence-electron chi connectivity index (χ4n) is 8.90. The van der Waals surface area contributed by atoms with Gasteiger partial charge in [0.05, 0.1) is 5.69 Å². The molecule has 202 valence electrons. The van der Waals surface area contributed by atoms with Crippen molar-refractivity contribution in [3.8, 4) is 22.3 Å². The molecule has 0 saturated heterocycles. The molecule has 1 heteroatoms. The molecule has 2 saturated carbocycles. The van der Waals surface area contributed by atoms with Gasteiger partial charge in [-0.25, -0.2) is 0 Å². The molecule has 2 bridgehead atoms. The summed E-state index contributed by atoms with van der Waals surface area (Å²) >= 11 is 0. The van der Waals surface area contributed by atoms with Gasteiger partial charge in [0, 0.05) is 22.4 Å². The minimum atomic E-state index is 0.165. The Kier molecular flexibility index (Phi) is 5.26. The van der Waals surface area contributed by atoms with Crippen molar-refractivity contribution in [2.75, 3.05) is 4.90 Å². The summed E-state index contributed by atoms with van der Waals surface area (Å²) in [5.74, 6) is 1.61. The number of fused-ring (bicyclic) bond motifs is 9. The number of nitrogens with zero attached hydrogens (tertiary/aromatic N) is 1. The largest absolute Gasteiger partial charge is 0.310 e. The predicted octanol–water partition coefficient (Wildman–Crippen LogP) is 11.1. The summed E-state index contributed by atoms with van der Waals surface area (Å²) in [7, 11) is 0. The minimum absolute atomic E-state index is 0.165. The summed E-state index contributed by atoms with van der Waals surface area (Å²) in [4.78, 5) is 2.50. The fraction of sp³-hybridized carbons (Fsp3) is 0.171. The molecule has 3 unspecified atom stereocenters. The Morgan fingerprint density at radius 2 is 1.29 bits per heavy atom. The molecular formula is C41H33N. The highest BCUT2D eigenvalue weighted by molar-refractivity contribution is 5.99. The van der Waals surface area contributed by atoms with Crippen molar-refractivity contribution in [3.63, 3.8) is 0 Å². The molecule has 1 nitrogen and oxygen atoms in total. The quantitative estimate of drug-likeness (QED) is 0.215. The first-order valence-electron chi connectivity index (χ1n) is 15.5. The van der Waals surface area contributed by atoms with Crippen LogP contribution in [0.15, 0.2) is 140 Å². The SMILES string of the molecule is c1ccc(N(c2cccc(-c3cccc4ccccc34)c2)c2cccc3c2-c2ccccc2C32CC3CCC2C3)cc1. The third-order valence-electron chi connectivity index (χ3n) is 10.5. The van der Waals surface area contributed by atoms with Gasteiger partial charge >= 0.3 is 0 Å². The molecule has 2 fully saturated rings. The number of benzene rings is 6. The zero-order chi connectivity index (χ0) is 27.7. The Hall–Kier alpha value is -4.62. The van der Waals surface area contributed by atoms with Crippen LogP contribution in [0.25, 0.3) is 33.0 Å². The molecule has 0 N–H and O–H groups in total. The van der Waals surface area contributed by atoms with E-state index in [1.807, 2.05) is 0 Å². The maximum Gasteiger partial charge on any atom is 0.0543 e. The Morgan fingerprint density at radius 1 is 0.571 bits per heavy atom. The normalized spacial score (nSPS) is 21.5. The molecule has 3 atom stereocenters. The third kappa shape index (κ3) is 3.37. The highest BCUT2D eigenvalue weighted by Gasteiger charge is 2.57. The van der Waals surface area contributed by atoms with Crippen LogP contribution in [0, 0.1) is 11.8 Å². The van der Waals surface area contributed by atoms with Crippen LogP contribution in [-0.4, -0.2) is 0 Å². The van der Waals surface area contributed by atoms with E-state index in [2.05, 4.69) is 144 Å². The first-order valence-corrected chi connectivity index (χ1v) is 15.5. The van der Waals surface area contributed by atoms with Crippen LogP contribution < -0.4 is 4.90 Å². The van der Waals surface area contributed by atoms with Crippen molar-refractivity contribution >= 4 is 27.8 Å². The average molecular weight is 540 g/mol. The molecule has 9 rings (SSSR count). The van der Waals surface area contributed by atoms with Gasteiger partial charge in [0.2, 0.25) is 0 Å². The van der Waals surface area contributed by atoms with E-state index in [0.29, 0.717) is 0 Å². The fourth-order valence-corrected chi connectivity index (χ4v) is 8.90. The molecule has 42 heavy (non-hydrogen) atoms. The lowest BCUT2D eigenvalue weighted by Crippen LogP contribution is -2.31. The van der Waals surface area contributed by atoms with E-state index in [1.165, 1.54) is 75.8 Å². The molecule has 3 aliphatic rings. The zero-order valence-electron chi connectivity index (χ0n) is 23.7. The summed E-state index contributed by atoms with van der Waals surface area (Å²) in [5, 5.41) is 2.56. The van der Waals surface area contributed by atoms with Crippen LogP contribution in [0.2, 0.25) is 0 Å². The lowest BCUT2D eigenvalue weighted by Gasteiger charge is -2.37. The minimum Gasteiger partial charge on any atom is -0.310 e. The van der Waals surface area contributed by atoms with Gasteiger partial charge in [0.25, 0.3) is 0 Å². The number of hydrogen-bond acceptors (Lipinski definition) is 1. The zero-order valence-corrected chi connectivity index (χ0v) is 23.7. The molecule has 0 aromatic heterocycles. The van der Waals surface area contributed by atoms with E-state index in [4.69, 9.17) is 0 Å². The number of hydrogen-bond donors (Lipinski definition) is 0. The molecule has 0 aliphatic heterocycles. The third-order valence-corrected chi connectivity index (χ3v) is 10.5. The smallest absolute Gasteiger partial charge is 0.0543 e. The van der Waals surface area contributed by atoms with Crippen LogP contribution in [0.1, 0.15) is 36.8 Å². The van der Waals surface area contributed by atoms with Gasteiger partial charge in [-0.3, -0.25) is 0 Å². The number of rotatable bonds is 4. The van der Waals surface area contributed by atoms with E-state index in [-0.39, 0.29) is 5.41 Å². The second kappa shape index (κ2) is 9.19. The maximum absolute atomic E-state index is 2.50. The molecule has 0 radical (unpaired) electrons. The standard InChI is InChI=1S/C41H33N/c1-2-14-32(15-3-1)42(33-16-8-13-30(26-33)35-19-9-12-29-11-4-5-17-34(29)35)39-22-10-21-38-40(39)36-18-6-7-20-37(36)41(38)27-28-23-24-31(41)25-28/h1-22,26,28,31H,23-25,27H2. The lowest BCUT2D eigenvalue weighted by atomic mass is 9.67. The molecule has 0 amide bonds. The van der Waals surface area contributed by atoms with Gasteiger partial charge in [-0.05, 0) is 100 Å². The summed E-state index contributed by atoms with van der Waals surface area (Å²) in [6, 6.07) is 51.8. The topological polar surface area (TPSA) is 3.24 Å². The first kappa shape index (κ1) is 24.0. The Morgan fingerprint density at radius 3 is 2.17 bits per heavy atom. The van der Waals surface area contributed by atoms with Crippen molar-refractivity contribution in [2.24, 2.45) is 11.8 Å². The predicted molar refractivity (Wildman–Crippen MR) is 176 cm³/mol. The first-order chi connectivity index (χ1) is 20.8. The van der Waals surface area contributed by atoms with Gasteiger partial charge in [0.15, 0.2) is 0 Å². The van der Waals surface area contributed by atoms with Crippen LogP contribution in [0.4, 0.5) is 17.1 Å². The van der Waals surface area contributed by atoms with E-state index < -0.39 is 0 Å². The van der Waals surface area contributed by atoms with Gasteiger partial charge in [-0.15, -0.1) is 0 Å². The van der Waals surface area contributed by atoms with Gasteiger partial charge in [-0.1, -0.05) is 116 Å². The second-order valence-corrected chi connectivity index (χ2v) is 12.5. The van der Waals surface area contributed by atoms with Gasteiger partial charge < -0.3 is 4.90 Å². The number of para-hydroxylation sites is 1. The summed E-state index contributed by atoms with van der Waals surface area (Å²) in [6.07, 6.45) is 5.44. The Bertz CT molecular complexity index is 1970. The van der Waals surface area contributed by atoms with Crippen molar-refractivity contribution in [2.45, 2.75) is 31.1 Å². The highest BCUT2D eigenvalue weighted by Crippen LogP contribution is 2.67. The van der Waals surface area contributed by atoms with E-state index in [1.54, 1.807) is 11.1 Å². The molecule has 3 aliphatic carbocycles. The summed E-state index contributed by atoms with van der Waals surface area (Å²) in [5.41, 5.74) is 12.3. The van der Waals surface area contributed by atoms with Crippen molar-refractivity contribution in [1.29, 1.82) is 0 Å². The van der Waals surface area contributed by atoms with Crippen LogP contribution in [0.3, 0.4) is 0 Å². The summed E-state index contributed by atoms with van der Waals surface area (Å²) in [6.45, 7) is 0. The highest BCUT2D eigenvalue weighted by atomic mass is 15.1. The van der Waals surface area contributed by atoms with Gasteiger partial charge in [0.1, 0.15) is 0 Å². The van der Waals surface area contributed by atoms with Crippen LogP contribution >= 0.6 is 0 Å². The molecule has 1 spiro atoms. The van der Waals surface area contributed by atoms with E-state index >= 15 is 0 Å². The van der Waals surface area contributed by atoms with E-state index in [0.717, 1.165) is 11.8 Å². The molecule has 0 heterocycles.